The van der Waals surface area contributed by atoms with Crippen LogP contribution < -0.4 is 9.47 Å². The molecule has 20 heavy (non-hydrogen) atoms. The molecule has 0 aliphatic heterocycles. The van der Waals surface area contributed by atoms with Crippen LogP contribution in [-0.2, 0) is 0 Å². The maximum Gasteiger partial charge on any atom is 0.161 e. The van der Waals surface area contributed by atoms with E-state index in [2.05, 4.69) is 6.92 Å². The third-order valence-corrected chi connectivity index (χ3v) is 3.91. The van der Waals surface area contributed by atoms with Gasteiger partial charge in [0.1, 0.15) is 6.61 Å². The topological polar surface area (TPSA) is 38.7 Å². The molecule has 3 nitrogen and oxygen atoms in total. The van der Waals surface area contributed by atoms with Crippen molar-refractivity contribution in [2.75, 3.05) is 13.2 Å². The minimum absolute atomic E-state index is 0.358. The Morgan fingerprint density at radius 3 is 2.40 bits per heavy atom. The molecule has 0 spiro atoms. The monoisotopic (exact) mass is 278 g/mol. The molecule has 1 N–H and O–H groups in total. The lowest BCUT2D eigenvalue weighted by atomic mass is 9.85. The van der Waals surface area contributed by atoms with Crippen molar-refractivity contribution in [3.63, 3.8) is 0 Å². The summed E-state index contributed by atoms with van der Waals surface area (Å²) in [6.45, 7) is 3.12. The molecule has 0 amide bonds. The van der Waals surface area contributed by atoms with Crippen LogP contribution in [-0.4, -0.2) is 24.4 Å². The van der Waals surface area contributed by atoms with Gasteiger partial charge in [0.05, 0.1) is 12.7 Å². The highest BCUT2D eigenvalue weighted by atomic mass is 16.5. The Kier molecular flexibility index (Phi) is 6.19. The zero-order valence-electron chi connectivity index (χ0n) is 12.4. The van der Waals surface area contributed by atoms with Crippen LogP contribution in [0.25, 0.3) is 0 Å². The molecule has 1 unspecified atom stereocenters. The number of aliphatic hydroxyl groups excluding tert-OH is 1. The van der Waals surface area contributed by atoms with E-state index in [0.29, 0.717) is 19.1 Å². The predicted octanol–water partition coefficient (Wildman–Crippen LogP) is 3.80. The second kappa shape index (κ2) is 8.15. The Balaban J connectivity index is 1.86. The van der Waals surface area contributed by atoms with Crippen molar-refractivity contribution < 1.29 is 14.6 Å². The fourth-order valence-corrected chi connectivity index (χ4v) is 2.73. The van der Waals surface area contributed by atoms with E-state index in [9.17, 15) is 5.11 Å². The van der Waals surface area contributed by atoms with Gasteiger partial charge in [-0.2, -0.15) is 0 Å². The molecule has 1 aromatic carbocycles. The van der Waals surface area contributed by atoms with E-state index in [-0.39, 0.29) is 6.10 Å². The Bertz CT molecular complexity index is 386. The fraction of sp³-hybridized carbons (Fsp3) is 0.647. The van der Waals surface area contributed by atoms with Crippen LogP contribution in [0.3, 0.4) is 0 Å². The third-order valence-electron chi connectivity index (χ3n) is 3.91. The zero-order valence-corrected chi connectivity index (χ0v) is 12.4. The molecule has 0 bridgehead atoms. The van der Waals surface area contributed by atoms with Gasteiger partial charge in [0, 0.05) is 0 Å². The SMILES string of the molecule is CCCOc1ccccc1OCC(O)C1CCCCC1. The zero-order chi connectivity index (χ0) is 14.2. The minimum Gasteiger partial charge on any atom is -0.490 e. The van der Waals surface area contributed by atoms with E-state index in [1.807, 2.05) is 24.3 Å². The van der Waals surface area contributed by atoms with Crippen LogP contribution in [0.4, 0.5) is 0 Å². The summed E-state index contributed by atoms with van der Waals surface area (Å²) in [6.07, 6.45) is 6.62. The van der Waals surface area contributed by atoms with Crippen molar-refractivity contribution in [1.82, 2.24) is 0 Å². The third kappa shape index (κ3) is 4.41. The minimum atomic E-state index is -0.366. The first-order chi connectivity index (χ1) is 9.81. The van der Waals surface area contributed by atoms with Crippen LogP contribution in [0.5, 0.6) is 11.5 Å². The molecule has 1 aliphatic carbocycles. The quantitative estimate of drug-likeness (QED) is 0.824. The number of ether oxygens (including phenoxy) is 2. The van der Waals surface area contributed by atoms with Gasteiger partial charge in [-0.3, -0.25) is 0 Å². The second-order valence-corrected chi connectivity index (χ2v) is 5.57. The summed E-state index contributed by atoms with van der Waals surface area (Å²) in [5, 5.41) is 10.2. The summed E-state index contributed by atoms with van der Waals surface area (Å²) in [5.74, 6) is 1.90. The maximum absolute atomic E-state index is 10.2. The summed E-state index contributed by atoms with van der Waals surface area (Å²) in [6, 6.07) is 7.69. The molecule has 1 fully saturated rings. The van der Waals surface area contributed by atoms with Crippen LogP contribution in [0.1, 0.15) is 45.4 Å². The van der Waals surface area contributed by atoms with Crippen LogP contribution in [0.15, 0.2) is 24.3 Å². The predicted molar refractivity (Wildman–Crippen MR) is 80.3 cm³/mol. The normalized spacial score (nSPS) is 17.7. The van der Waals surface area contributed by atoms with E-state index in [4.69, 9.17) is 9.47 Å². The molecule has 1 saturated carbocycles. The first kappa shape index (κ1) is 15.2. The molecule has 0 saturated heterocycles. The Hall–Kier alpha value is -1.22. The van der Waals surface area contributed by atoms with Gasteiger partial charge >= 0.3 is 0 Å². The number of para-hydroxylation sites is 2. The van der Waals surface area contributed by atoms with Gasteiger partial charge < -0.3 is 14.6 Å². The number of hydrogen-bond donors (Lipinski definition) is 1. The average Bonchev–Trinajstić information content (AvgIpc) is 2.52. The van der Waals surface area contributed by atoms with E-state index in [1.165, 1.54) is 19.3 Å². The van der Waals surface area contributed by atoms with Crippen molar-refractivity contribution in [2.24, 2.45) is 5.92 Å². The molecule has 1 aromatic rings. The summed E-state index contributed by atoms with van der Waals surface area (Å²) in [5.41, 5.74) is 0. The Morgan fingerprint density at radius 1 is 1.10 bits per heavy atom. The lowest BCUT2D eigenvalue weighted by Crippen LogP contribution is -2.28. The number of hydrogen-bond acceptors (Lipinski definition) is 3. The molecule has 0 radical (unpaired) electrons. The van der Waals surface area contributed by atoms with E-state index < -0.39 is 0 Å². The van der Waals surface area contributed by atoms with Gasteiger partial charge in [0.15, 0.2) is 11.5 Å². The smallest absolute Gasteiger partial charge is 0.161 e. The molecular formula is C17H26O3. The van der Waals surface area contributed by atoms with Crippen LogP contribution in [0, 0.1) is 5.92 Å². The highest BCUT2D eigenvalue weighted by Gasteiger charge is 2.22. The standard InChI is InChI=1S/C17H26O3/c1-2-12-19-16-10-6-7-11-17(16)20-13-15(18)14-8-4-3-5-9-14/h6-7,10-11,14-15,18H,2-5,8-9,12-13H2,1H3. The summed E-state index contributed by atoms with van der Waals surface area (Å²) in [4.78, 5) is 0. The fourth-order valence-electron chi connectivity index (χ4n) is 2.73. The van der Waals surface area contributed by atoms with Crippen molar-refractivity contribution >= 4 is 0 Å². The highest BCUT2D eigenvalue weighted by molar-refractivity contribution is 5.39. The molecule has 0 heterocycles. The molecule has 1 atom stereocenters. The second-order valence-electron chi connectivity index (χ2n) is 5.57. The van der Waals surface area contributed by atoms with Crippen molar-refractivity contribution in [3.8, 4) is 11.5 Å². The van der Waals surface area contributed by atoms with Gasteiger partial charge in [0.25, 0.3) is 0 Å². The van der Waals surface area contributed by atoms with Gasteiger partial charge in [-0.15, -0.1) is 0 Å². The first-order valence-corrected chi connectivity index (χ1v) is 7.84. The number of aliphatic hydroxyl groups is 1. The molecule has 1 aliphatic rings. The number of rotatable bonds is 7. The van der Waals surface area contributed by atoms with E-state index in [1.54, 1.807) is 0 Å². The van der Waals surface area contributed by atoms with Gasteiger partial charge in [-0.1, -0.05) is 38.3 Å². The largest absolute Gasteiger partial charge is 0.490 e. The first-order valence-electron chi connectivity index (χ1n) is 7.84. The molecule has 3 heteroatoms. The Labute approximate surface area is 121 Å². The average molecular weight is 278 g/mol. The lowest BCUT2D eigenvalue weighted by Gasteiger charge is -2.26. The van der Waals surface area contributed by atoms with Crippen molar-refractivity contribution in [2.45, 2.75) is 51.6 Å². The maximum atomic E-state index is 10.2. The van der Waals surface area contributed by atoms with Crippen LogP contribution >= 0.6 is 0 Å². The van der Waals surface area contributed by atoms with Gasteiger partial charge in [0.2, 0.25) is 0 Å². The van der Waals surface area contributed by atoms with Gasteiger partial charge in [-0.25, -0.2) is 0 Å². The van der Waals surface area contributed by atoms with Crippen molar-refractivity contribution in [3.05, 3.63) is 24.3 Å². The lowest BCUT2D eigenvalue weighted by molar-refractivity contribution is 0.0403. The molecule has 0 aromatic heterocycles. The summed E-state index contributed by atoms with van der Waals surface area (Å²) >= 11 is 0. The molecular weight excluding hydrogens is 252 g/mol. The highest BCUT2D eigenvalue weighted by Crippen LogP contribution is 2.29. The molecule has 112 valence electrons. The van der Waals surface area contributed by atoms with E-state index in [0.717, 1.165) is 30.8 Å². The van der Waals surface area contributed by atoms with E-state index >= 15 is 0 Å². The summed E-state index contributed by atoms with van der Waals surface area (Å²) < 4.78 is 11.4. The van der Waals surface area contributed by atoms with Crippen molar-refractivity contribution in [1.29, 1.82) is 0 Å². The molecule has 2 rings (SSSR count). The van der Waals surface area contributed by atoms with Crippen LogP contribution in [0.2, 0.25) is 0 Å². The van der Waals surface area contributed by atoms with Gasteiger partial charge in [-0.05, 0) is 37.3 Å². The summed E-state index contributed by atoms with van der Waals surface area (Å²) in [7, 11) is 0. The number of benzene rings is 1. The Morgan fingerprint density at radius 2 is 1.75 bits per heavy atom.